The summed E-state index contributed by atoms with van der Waals surface area (Å²) in [6, 6.07) is 41.9. The lowest BCUT2D eigenvalue weighted by atomic mass is 9.35. The number of hydrogen-bond donors (Lipinski definition) is 0. The van der Waals surface area contributed by atoms with Crippen LogP contribution in [0.3, 0.4) is 0 Å². The van der Waals surface area contributed by atoms with Crippen LogP contribution in [0.5, 0.6) is 0 Å². The Morgan fingerprint density at radius 3 is 1.68 bits per heavy atom. The van der Waals surface area contributed by atoms with Gasteiger partial charge in [0.05, 0.1) is 11.4 Å². The van der Waals surface area contributed by atoms with E-state index in [4.69, 9.17) is 0 Å². The van der Waals surface area contributed by atoms with Crippen LogP contribution in [0.4, 0.5) is 34.1 Å². The monoisotopic (exact) mass is 953 g/mol. The quantitative estimate of drug-likeness (QED) is 0.163. The molecule has 0 spiro atoms. The van der Waals surface area contributed by atoms with Gasteiger partial charge in [0.1, 0.15) is 0 Å². The average Bonchev–Trinajstić information content (AvgIpc) is 3.68. The van der Waals surface area contributed by atoms with E-state index in [1.54, 1.807) is 5.56 Å². The molecule has 0 radical (unpaired) electrons. The molecule has 4 heteroatoms. The standard InChI is InChI=1S/C67H77BN2S/c1-40-34-53-57-54(35-40)70(52-27-22-42(61(2,3)4)36-44(52)41-20-18-17-19-21-41)58-45-38-49-50(66(13,14)31-30-65(49,11)12)39-55(45)71-60(58)68(57)51-26-25-47-56(67(15,16)33-32-63(47,7)8)59(51)69(53)43-23-24-46-48(37-43)64(9,10)29-28-62(46,5)6/h17-27,34-39H,28-33H2,1-16H3. The third-order valence-corrected chi connectivity index (χ3v) is 20.2. The summed E-state index contributed by atoms with van der Waals surface area (Å²) in [6.45, 7) is 39.4. The zero-order valence-electron chi connectivity index (χ0n) is 45.9. The van der Waals surface area contributed by atoms with E-state index in [0.717, 1.165) is 6.42 Å². The minimum absolute atomic E-state index is 0.0143. The molecule has 0 N–H and O–H groups in total. The maximum Gasteiger partial charge on any atom is 0.264 e. The summed E-state index contributed by atoms with van der Waals surface area (Å²) in [5.41, 5.74) is 25.6. The highest BCUT2D eigenvalue weighted by Crippen LogP contribution is 2.58. The van der Waals surface area contributed by atoms with E-state index in [1.807, 2.05) is 0 Å². The van der Waals surface area contributed by atoms with Gasteiger partial charge in [-0.25, -0.2) is 0 Å². The van der Waals surface area contributed by atoms with Crippen molar-refractivity contribution in [1.82, 2.24) is 0 Å². The van der Waals surface area contributed by atoms with Gasteiger partial charge in [0, 0.05) is 43.2 Å². The van der Waals surface area contributed by atoms with Crippen molar-refractivity contribution < 1.29 is 0 Å². The Labute approximate surface area is 431 Å². The molecule has 71 heavy (non-hydrogen) atoms. The molecule has 3 aliphatic carbocycles. The summed E-state index contributed by atoms with van der Waals surface area (Å²) in [5, 5.41) is 1.39. The van der Waals surface area contributed by atoms with Crippen molar-refractivity contribution in [1.29, 1.82) is 0 Å². The van der Waals surface area contributed by atoms with E-state index in [9.17, 15) is 0 Å². The van der Waals surface area contributed by atoms with Gasteiger partial charge in [0.25, 0.3) is 6.71 Å². The molecule has 0 saturated carbocycles. The summed E-state index contributed by atoms with van der Waals surface area (Å²) in [5.74, 6) is 0. The molecule has 1 aromatic heterocycles. The van der Waals surface area contributed by atoms with Crippen LogP contribution >= 0.6 is 11.3 Å². The molecule has 0 amide bonds. The van der Waals surface area contributed by atoms with Crippen LogP contribution < -0.4 is 25.5 Å². The maximum atomic E-state index is 2.79. The maximum absolute atomic E-state index is 2.79. The van der Waals surface area contributed by atoms with Crippen molar-refractivity contribution in [3.63, 3.8) is 0 Å². The van der Waals surface area contributed by atoms with E-state index in [-0.39, 0.29) is 44.6 Å². The van der Waals surface area contributed by atoms with Crippen molar-refractivity contribution in [2.45, 2.75) is 187 Å². The summed E-state index contributed by atoms with van der Waals surface area (Å²) in [6.07, 6.45) is 7.12. The van der Waals surface area contributed by atoms with E-state index in [1.165, 1.54) is 142 Å². The van der Waals surface area contributed by atoms with Crippen LogP contribution in [0.2, 0.25) is 0 Å². The zero-order valence-corrected chi connectivity index (χ0v) is 46.8. The highest BCUT2D eigenvalue weighted by molar-refractivity contribution is 7.33. The third-order valence-electron chi connectivity index (χ3n) is 19.0. The molecule has 0 unspecified atom stereocenters. The fourth-order valence-electron chi connectivity index (χ4n) is 14.2. The molecule has 0 atom stereocenters. The lowest BCUT2D eigenvalue weighted by Gasteiger charge is -2.49. The molecule has 2 nitrogen and oxygen atoms in total. The summed E-state index contributed by atoms with van der Waals surface area (Å²) < 4.78 is 2.88. The number of benzene rings is 6. The molecule has 364 valence electrons. The number of thiophene rings is 1. The van der Waals surface area contributed by atoms with Crippen LogP contribution in [0.25, 0.3) is 21.2 Å². The minimum Gasteiger partial charge on any atom is -0.311 e. The van der Waals surface area contributed by atoms with Crippen LogP contribution in [0.15, 0.2) is 103 Å². The predicted molar refractivity (Wildman–Crippen MR) is 311 cm³/mol. The van der Waals surface area contributed by atoms with Gasteiger partial charge in [-0.05, 0) is 193 Å². The average molecular weight is 953 g/mol. The van der Waals surface area contributed by atoms with Gasteiger partial charge in [0.15, 0.2) is 0 Å². The molecule has 12 rings (SSSR count). The molecular weight excluding hydrogens is 876 g/mol. The van der Waals surface area contributed by atoms with E-state index < -0.39 is 0 Å². The van der Waals surface area contributed by atoms with Crippen molar-refractivity contribution >= 4 is 78.0 Å². The molecule has 3 heterocycles. The van der Waals surface area contributed by atoms with E-state index in [2.05, 4.69) is 235 Å². The molecular formula is C67H77BN2S. The Bertz CT molecular complexity index is 3390. The molecule has 5 aliphatic rings. The van der Waals surface area contributed by atoms with Gasteiger partial charge in [-0.3, -0.25) is 0 Å². The summed E-state index contributed by atoms with van der Waals surface area (Å²) in [4.78, 5) is 5.55. The predicted octanol–water partition coefficient (Wildman–Crippen LogP) is 17.3. The first kappa shape index (κ1) is 47.0. The van der Waals surface area contributed by atoms with Crippen molar-refractivity contribution in [2.75, 3.05) is 9.80 Å². The minimum atomic E-state index is -0.0205. The van der Waals surface area contributed by atoms with E-state index >= 15 is 0 Å². The molecule has 6 aromatic carbocycles. The van der Waals surface area contributed by atoms with Gasteiger partial charge in [0.2, 0.25) is 0 Å². The summed E-state index contributed by atoms with van der Waals surface area (Å²) in [7, 11) is 0. The molecule has 0 saturated heterocycles. The highest BCUT2D eigenvalue weighted by Gasteiger charge is 2.51. The molecule has 2 aliphatic heterocycles. The first-order chi connectivity index (χ1) is 33.2. The number of rotatable bonds is 3. The summed E-state index contributed by atoms with van der Waals surface area (Å²) >= 11 is 2.08. The van der Waals surface area contributed by atoms with E-state index in [0.29, 0.717) is 0 Å². The third kappa shape index (κ3) is 6.91. The van der Waals surface area contributed by atoms with Gasteiger partial charge in [-0.1, -0.05) is 158 Å². The van der Waals surface area contributed by atoms with Gasteiger partial charge in [-0.15, -0.1) is 11.3 Å². The molecule has 0 fully saturated rings. The number of fused-ring (bicyclic) bond motifs is 10. The number of aryl methyl sites for hydroxylation is 1. The Morgan fingerprint density at radius 1 is 0.493 bits per heavy atom. The SMILES string of the molecule is Cc1cc2c3c(c1)N(c1ccc(C(C)(C)C)cc1-c1ccccc1)c1c(sc4cc5c(cc14)C(C)(C)CCC5(C)C)B3c1ccc3c(c1N2c1ccc2c(c1)C(C)(C)CCC2(C)C)C(C)(C)CCC3(C)C. The van der Waals surface area contributed by atoms with Crippen LogP contribution in [-0.2, 0) is 37.9 Å². The van der Waals surface area contributed by atoms with Crippen molar-refractivity contribution in [2.24, 2.45) is 0 Å². The Balaban J connectivity index is 1.24. The Hall–Kier alpha value is -5.06. The van der Waals surface area contributed by atoms with Gasteiger partial charge >= 0.3 is 0 Å². The lowest BCUT2D eigenvalue weighted by Crippen LogP contribution is -2.61. The fraction of sp³-hybridized carbons (Fsp3) is 0.433. The Kier molecular flexibility index (Phi) is 9.94. The lowest BCUT2D eigenvalue weighted by molar-refractivity contribution is 0.331. The fourth-order valence-corrected chi connectivity index (χ4v) is 15.5. The number of hydrogen-bond acceptors (Lipinski definition) is 3. The first-order valence-corrected chi connectivity index (χ1v) is 27.9. The van der Waals surface area contributed by atoms with Crippen LogP contribution in [-0.4, -0.2) is 6.71 Å². The number of nitrogens with zero attached hydrogens (tertiary/aromatic N) is 2. The smallest absolute Gasteiger partial charge is 0.264 e. The number of anilines is 6. The van der Waals surface area contributed by atoms with Crippen LogP contribution in [0.1, 0.15) is 187 Å². The highest BCUT2D eigenvalue weighted by atomic mass is 32.1. The van der Waals surface area contributed by atoms with Gasteiger partial charge < -0.3 is 9.80 Å². The van der Waals surface area contributed by atoms with Gasteiger partial charge in [-0.2, -0.15) is 0 Å². The molecule has 7 aromatic rings. The largest absolute Gasteiger partial charge is 0.311 e. The first-order valence-electron chi connectivity index (χ1n) is 27.1. The van der Waals surface area contributed by atoms with Crippen LogP contribution in [0, 0.1) is 6.92 Å². The van der Waals surface area contributed by atoms with Crippen molar-refractivity contribution in [3.05, 3.63) is 148 Å². The zero-order chi connectivity index (χ0) is 50.3. The normalized spacial score (nSPS) is 20.4. The topological polar surface area (TPSA) is 6.48 Å². The Morgan fingerprint density at radius 2 is 1.04 bits per heavy atom. The molecule has 0 bridgehead atoms. The second kappa shape index (κ2) is 15.0. The second-order valence-corrected chi connectivity index (χ2v) is 28.9. The second-order valence-electron chi connectivity index (χ2n) is 27.8. The van der Waals surface area contributed by atoms with Crippen molar-refractivity contribution in [3.8, 4) is 11.1 Å².